The largest absolute Gasteiger partial charge is 0.492 e. The highest BCUT2D eigenvalue weighted by Crippen LogP contribution is 2.45. The number of fused-ring (bicyclic) bond motifs is 3. The van der Waals surface area contributed by atoms with Crippen molar-refractivity contribution in [3.63, 3.8) is 0 Å². The standard InChI is InChI=1S/C23H30O2/c1-4-5-6-7-8-9-14-24-23-20-13-15-25-22(20)19-12-10-11-18(17(2)3)16-21(19)23/h10-13,15-17H,4-9,14H2,1-3H3. The molecule has 2 heteroatoms. The van der Waals surface area contributed by atoms with Crippen molar-refractivity contribution in [1.82, 2.24) is 0 Å². The van der Waals surface area contributed by atoms with Gasteiger partial charge in [-0.3, -0.25) is 0 Å². The average molecular weight is 338 g/mol. The van der Waals surface area contributed by atoms with Crippen molar-refractivity contribution in [2.75, 3.05) is 6.61 Å². The third-order valence-electron chi connectivity index (χ3n) is 4.96. The van der Waals surface area contributed by atoms with E-state index in [1.807, 2.05) is 6.07 Å². The zero-order valence-corrected chi connectivity index (χ0v) is 15.8. The Morgan fingerprint density at radius 3 is 2.56 bits per heavy atom. The molecule has 1 heterocycles. The van der Waals surface area contributed by atoms with Crippen LogP contribution in [0.2, 0.25) is 0 Å². The molecule has 134 valence electrons. The van der Waals surface area contributed by atoms with Gasteiger partial charge in [0.15, 0.2) is 0 Å². The predicted octanol–water partition coefficient (Wildman–Crippen LogP) is 7.40. The third-order valence-corrected chi connectivity index (χ3v) is 4.96. The van der Waals surface area contributed by atoms with Gasteiger partial charge >= 0.3 is 0 Å². The molecular formula is C23H30O2. The Hall–Kier alpha value is -1.96. The number of furan rings is 1. The second-order valence-corrected chi connectivity index (χ2v) is 7.26. The van der Waals surface area contributed by atoms with Crippen LogP contribution >= 0.6 is 0 Å². The van der Waals surface area contributed by atoms with Crippen LogP contribution in [-0.2, 0) is 0 Å². The number of hydrogen-bond acceptors (Lipinski definition) is 2. The number of hydrogen-bond donors (Lipinski definition) is 0. The van der Waals surface area contributed by atoms with Crippen LogP contribution in [0.15, 0.2) is 41.0 Å². The Balaban J connectivity index is 1.78. The maximum absolute atomic E-state index is 6.25. The monoisotopic (exact) mass is 338 g/mol. The van der Waals surface area contributed by atoms with Gasteiger partial charge in [-0.1, -0.05) is 71.1 Å². The Kier molecular flexibility index (Phi) is 6.01. The molecule has 0 fully saturated rings. The Bertz CT molecular complexity index is 769. The molecule has 0 radical (unpaired) electrons. The van der Waals surface area contributed by atoms with Gasteiger partial charge in [-0.05, 0) is 30.0 Å². The SMILES string of the molecule is CCCCCCCCOc1c2cc(C(C)C)cccc-2c2occc12. The van der Waals surface area contributed by atoms with E-state index in [-0.39, 0.29) is 0 Å². The molecule has 0 N–H and O–H groups in total. The molecule has 3 rings (SSSR count). The molecule has 1 aromatic rings. The molecule has 0 saturated heterocycles. The number of unbranched alkanes of at least 4 members (excludes halogenated alkanes) is 5. The molecule has 0 bridgehead atoms. The van der Waals surface area contributed by atoms with Crippen LogP contribution in [0, 0.1) is 0 Å². The molecule has 0 aromatic carbocycles. The van der Waals surface area contributed by atoms with Gasteiger partial charge in [-0.25, -0.2) is 0 Å². The maximum atomic E-state index is 6.25. The van der Waals surface area contributed by atoms with Crippen LogP contribution in [0.4, 0.5) is 0 Å². The summed E-state index contributed by atoms with van der Waals surface area (Å²) in [5.74, 6) is 1.48. The molecule has 0 aliphatic heterocycles. The molecule has 0 unspecified atom stereocenters. The fourth-order valence-corrected chi connectivity index (χ4v) is 3.44. The maximum Gasteiger partial charge on any atom is 0.145 e. The minimum atomic E-state index is 0.489. The molecule has 2 aliphatic rings. The van der Waals surface area contributed by atoms with Crippen LogP contribution in [0.25, 0.3) is 22.1 Å². The van der Waals surface area contributed by atoms with Gasteiger partial charge < -0.3 is 9.15 Å². The number of ether oxygens (including phenoxy) is 1. The Morgan fingerprint density at radius 1 is 0.960 bits per heavy atom. The van der Waals surface area contributed by atoms with Crippen LogP contribution in [0.1, 0.15) is 70.8 Å². The zero-order valence-electron chi connectivity index (χ0n) is 15.8. The highest BCUT2D eigenvalue weighted by Gasteiger charge is 2.21. The minimum Gasteiger partial charge on any atom is -0.492 e. The molecule has 2 aliphatic carbocycles. The van der Waals surface area contributed by atoms with Crippen molar-refractivity contribution in [1.29, 1.82) is 0 Å². The second-order valence-electron chi connectivity index (χ2n) is 7.26. The first-order valence-electron chi connectivity index (χ1n) is 9.78. The van der Waals surface area contributed by atoms with Crippen molar-refractivity contribution < 1.29 is 9.15 Å². The first kappa shape index (κ1) is 17.8. The van der Waals surface area contributed by atoms with Crippen LogP contribution in [0.5, 0.6) is 5.75 Å². The van der Waals surface area contributed by atoms with E-state index in [0.717, 1.165) is 35.3 Å². The van der Waals surface area contributed by atoms with Crippen molar-refractivity contribution in [2.24, 2.45) is 0 Å². The lowest BCUT2D eigenvalue weighted by Crippen LogP contribution is -1.97. The lowest BCUT2D eigenvalue weighted by Gasteiger charge is -2.08. The van der Waals surface area contributed by atoms with Crippen LogP contribution in [-0.4, -0.2) is 6.61 Å². The summed E-state index contributed by atoms with van der Waals surface area (Å²) in [5.41, 5.74) is 4.59. The quantitative estimate of drug-likeness (QED) is 0.379. The second kappa shape index (κ2) is 8.42. The lowest BCUT2D eigenvalue weighted by atomic mass is 10.0. The van der Waals surface area contributed by atoms with E-state index in [9.17, 15) is 0 Å². The fourth-order valence-electron chi connectivity index (χ4n) is 3.44. The Morgan fingerprint density at radius 2 is 1.76 bits per heavy atom. The molecule has 1 aromatic heterocycles. The van der Waals surface area contributed by atoms with Crippen molar-refractivity contribution in [3.8, 4) is 16.9 Å². The topological polar surface area (TPSA) is 22.4 Å². The average Bonchev–Trinajstić information content (AvgIpc) is 3.08. The summed E-state index contributed by atoms with van der Waals surface area (Å²) in [4.78, 5) is 0. The van der Waals surface area contributed by atoms with Gasteiger partial charge in [0.05, 0.1) is 18.3 Å². The summed E-state index contributed by atoms with van der Waals surface area (Å²) in [6, 6.07) is 10.8. The summed E-state index contributed by atoms with van der Waals surface area (Å²) in [7, 11) is 0. The first-order chi connectivity index (χ1) is 12.2. The summed E-state index contributed by atoms with van der Waals surface area (Å²) in [6.07, 6.45) is 9.42. The molecule has 0 atom stereocenters. The molecular weight excluding hydrogens is 308 g/mol. The first-order valence-corrected chi connectivity index (χ1v) is 9.78. The van der Waals surface area contributed by atoms with E-state index < -0.39 is 0 Å². The predicted molar refractivity (Wildman–Crippen MR) is 106 cm³/mol. The highest BCUT2D eigenvalue weighted by molar-refractivity contribution is 6.05. The molecule has 0 saturated carbocycles. The van der Waals surface area contributed by atoms with E-state index in [1.54, 1.807) is 6.26 Å². The van der Waals surface area contributed by atoms with Crippen LogP contribution < -0.4 is 4.74 Å². The van der Waals surface area contributed by atoms with Gasteiger partial charge in [-0.15, -0.1) is 0 Å². The summed E-state index contributed by atoms with van der Waals surface area (Å²) < 4.78 is 12.0. The molecule has 25 heavy (non-hydrogen) atoms. The van der Waals surface area contributed by atoms with Gasteiger partial charge in [0.1, 0.15) is 11.3 Å². The lowest BCUT2D eigenvalue weighted by molar-refractivity contribution is 0.309. The van der Waals surface area contributed by atoms with E-state index >= 15 is 0 Å². The summed E-state index contributed by atoms with van der Waals surface area (Å²) >= 11 is 0. The van der Waals surface area contributed by atoms with Gasteiger partial charge in [-0.2, -0.15) is 0 Å². The highest BCUT2D eigenvalue weighted by atomic mass is 16.5. The van der Waals surface area contributed by atoms with Crippen molar-refractivity contribution in [3.05, 3.63) is 42.2 Å². The third kappa shape index (κ3) is 4.00. The van der Waals surface area contributed by atoms with Gasteiger partial charge in [0.25, 0.3) is 0 Å². The van der Waals surface area contributed by atoms with E-state index in [4.69, 9.17) is 9.15 Å². The fraction of sp³-hybridized carbons (Fsp3) is 0.478. The zero-order chi connectivity index (χ0) is 17.6. The van der Waals surface area contributed by atoms with E-state index in [0.29, 0.717) is 5.92 Å². The van der Waals surface area contributed by atoms with Crippen LogP contribution in [0.3, 0.4) is 0 Å². The normalized spacial score (nSPS) is 11.7. The number of rotatable bonds is 9. The molecule has 0 spiro atoms. The van der Waals surface area contributed by atoms with Gasteiger partial charge in [0, 0.05) is 11.1 Å². The summed E-state index contributed by atoms with van der Waals surface area (Å²) in [5, 5.41) is 1.10. The minimum absolute atomic E-state index is 0.489. The smallest absolute Gasteiger partial charge is 0.145 e. The van der Waals surface area contributed by atoms with E-state index in [1.165, 1.54) is 43.2 Å². The van der Waals surface area contributed by atoms with Crippen molar-refractivity contribution in [2.45, 2.75) is 65.2 Å². The Labute approximate surface area is 151 Å². The molecule has 0 amide bonds. The molecule has 2 nitrogen and oxygen atoms in total. The van der Waals surface area contributed by atoms with Crippen molar-refractivity contribution >= 4 is 11.0 Å². The van der Waals surface area contributed by atoms with Gasteiger partial charge in [0.2, 0.25) is 0 Å². The summed E-state index contributed by atoms with van der Waals surface area (Å²) in [6.45, 7) is 7.49. The van der Waals surface area contributed by atoms with E-state index in [2.05, 4.69) is 45.0 Å².